The van der Waals surface area contributed by atoms with Crippen molar-refractivity contribution in [2.75, 3.05) is 18.6 Å². The predicted molar refractivity (Wildman–Crippen MR) is 68.1 cm³/mol. The minimum Gasteiger partial charge on any atom is -0.376 e. The molecular weight excluding hydrogens is 258 g/mol. The van der Waals surface area contributed by atoms with Crippen molar-refractivity contribution in [3.63, 3.8) is 0 Å². The molecule has 1 saturated heterocycles. The smallest absolute Gasteiger partial charge is 0.311 e. The number of aromatic nitrogens is 1. The zero-order valence-corrected chi connectivity index (χ0v) is 10.9. The minimum atomic E-state index is -0.449. The van der Waals surface area contributed by atoms with Crippen LogP contribution in [0.4, 0.5) is 11.5 Å². The van der Waals surface area contributed by atoms with E-state index in [9.17, 15) is 10.1 Å². The normalized spacial score (nSPS) is 23.1. The van der Waals surface area contributed by atoms with Crippen molar-refractivity contribution in [2.45, 2.75) is 25.5 Å². The van der Waals surface area contributed by atoms with Gasteiger partial charge in [-0.05, 0) is 19.4 Å². The summed E-state index contributed by atoms with van der Waals surface area (Å²) in [6.45, 7) is 2.61. The number of hydrogen-bond donors (Lipinski definition) is 0. The van der Waals surface area contributed by atoms with E-state index in [4.69, 9.17) is 16.3 Å². The van der Waals surface area contributed by atoms with Crippen LogP contribution < -0.4 is 4.90 Å². The van der Waals surface area contributed by atoms with Crippen molar-refractivity contribution in [3.05, 3.63) is 27.4 Å². The quantitative estimate of drug-likeness (QED) is 0.479. The van der Waals surface area contributed by atoms with Gasteiger partial charge in [0.15, 0.2) is 0 Å². The van der Waals surface area contributed by atoms with Crippen molar-refractivity contribution in [3.8, 4) is 0 Å². The summed E-state index contributed by atoms with van der Waals surface area (Å²) in [5.41, 5.74) is -0.0407. The molecule has 1 aromatic heterocycles. The van der Waals surface area contributed by atoms with Gasteiger partial charge in [0.25, 0.3) is 0 Å². The first-order valence-corrected chi connectivity index (χ1v) is 6.04. The summed E-state index contributed by atoms with van der Waals surface area (Å²) < 4.78 is 5.47. The zero-order valence-electron chi connectivity index (χ0n) is 10.2. The third-order valence-electron chi connectivity index (χ3n) is 3.19. The number of pyridine rings is 1. The maximum absolute atomic E-state index is 11.0. The van der Waals surface area contributed by atoms with Crippen LogP contribution in [0.1, 0.15) is 13.3 Å². The molecule has 0 N–H and O–H groups in total. The average molecular weight is 272 g/mol. The molecule has 2 atom stereocenters. The van der Waals surface area contributed by atoms with Crippen molar-refractivity contribution >= 4 is 23.1 Å². The topological polar surface area (TPSA) is 68.5 Å². The van der Waals surface area contributed by atoms with Crippen LogP contribution in [-0.2, 0) is 4.74 Å². The summed E-state index contributed by atoms with van der Waals surface area (Å²) in [4.78, 5) is 16.4. The standard InChI is InChI=1S/C11H14ClN3O3/c1-7-8(5-6-18-7)14(2)11-9(15(16)17)3-4-10(12)13-11/h3-4,7-8H,5-6H2,1-2H3. The van der Waals surface area contributed by atoms with Crippen LogP contribution in [0.3, 0.4) is 0 Å². The van der Waals surface area contributed by atoms with Gasteiger partial charge in [-0.3, -0.25) is 10.1 Å². The van der Waals surface area contributed by atoms with Crippen LogP contribution >= 0.6 is 11.6 Å². The second kappa shape index (κ2) is 5.07. The number of nitrogens with zero attached hydrogens (tertiary/aromatic N) is 3. The predicted octanol–water partition coefficient (Wildman–Crippen LogP) is 2.26. The molecule has 0 aliphatic carbocycles. The van der Waals surface area contributed by atoms with Crippen LogP contribution in [-0.4, -0.2) is 35.7 Å². The number of ether oxygens (including phenoxy) is 1. The lowest BCUT2D eigenvalue weighted by atomic mass is 10.1. The maximum Gasteiger partial charge on any atom is 0.311 e. The molecule has 0 spiro atoms. The molecular formula is C11H14ClN3O3. The Morgan fingerprint density at radius 2 is 2.33 bits per heavy atom. The minimum absolute atomic E-state index is 0.0235. The first kappa shape index (κ1) is 13.0. The molecule has 0 bridgehead atoms. The van der Waals surface area contributed by atoms with E-state index in [-0.39, 0.29) is 28.8 Å². The molecule has 1 aromatic rings. The Kier molecular flexibility index (Phi) is 3.68. The lowest BCUT2D eigenvalue weighted by molar-refractivity contribution is -0.384. The fraction of sp³-hybridized carbons (Fsp3) is 0.545. The molecule has 1 aliphatic heterocycles. The van der Waals surface area contributed by atoms with Crippen LogP contribution in [0.15, 0.2) is 12.1 Å². The van der Waals surface area contributed by atoms with Gasteiger partial charge in [0.2, 0.25) is 5.82 Å². The Labute approximate surface area is 110 Å². The molecule has 2 unspecified atom stereocenters. The zero-order chi connectivity index (χ0) is 13.3. The molecule has 2 heterocycles. The van der Waals surface area contributed by atoms with Gasteiger partial charge in [-0.15, -0.1) is 0 Å². The third kappa shape index (κ3) is 2.39. The van der Waals surface area contributed by atoms with E-state index in [0.29, 0.717) is 6.61 Å². The van der Waals surface area contributed by atoms with Crippen molar-refractivity contribution in [1.29, 1.82) is 0 Å². The molecule has 0 radical (unpaired) electrons. The van der Waals surface area contributed by atoms with Gasteiger partial charge in [0, 0.05) is 19.7 Å². The lowest BCUT2D eigenvalue weighted by Crippen LogP contribution is -2.37. The third-order valence-corrected chi connectivity index (χ3v) is 3.40. The summed E-state index contributed by atoms with van der Waals surface area (Å²) in [6.07, 6.45) is 0.846. The molecule has 1 aliphatic rings. The van der Waals surface area contributed by atoms with Gasteiger partial charge < -0.3 is 9.64 Å². The molecule has 1 fully saturated rings. The van der Waals surface area contributed by atoms with Gasteiger partial charge >= 0.3 is 5.69 Å². The highest BCUT2D eigenvalue weighted by Crippen LogP contribution is 2.31. The Balaban J connectivity index is 2.36. The molecule has 2 rings (SSSR count). The summed E-state index contributed by atoms with van der Waals surface area (Å²) in [6, 6.07) is 2.88. The summed E-state index contributed by atoms with van der Waals surface area (Å²) >= 11 is 5.82. The van der Waals surface area contributed by atoms with Crippen molar-refractivity contribution in [2.24, 2.45) is 0 Å². The van der Waals surface area contributed by atoms with Gasteiger partial charge in [-0.25, -0.2) is 4.98 Å². The lowest BCUT2D eigenvalue weighted by Gasteiger charge is -2.27. The second-order valence-corrected chi connectivity index (χ2v) is 4.66. The Morgan fingerprint density at radius 3 is 2.89 bits per heavy atom. The van der Waals surface area contributed by atoms with E-state index >= 15 is 0 Å². The molecule has 0 aromatic carbocycles. The number of hydrogen-bond acceptors (Lipinski definition) is 5. The largest absolute Gasteiger partial charge is 0.376 e. The highest BCUT2D eigenvalue weighted by molar-refractivity contribution is 6.29. The SMILES string of the molecule is CC1OCCC1N(C)c1nc(Cl)ccc1[N+](=O)[O-]. The highest BCUT2D eigenvalue weighted by Gasteiger charge is 2.32. The second-order valence-electron chi connectivity index (χ2n) is 4.28. The number of anilines is 1. The molecule has 0 amide bonds. The van der Waals surface area contributed by atoms with Crippen LogP contribution in [0, 0.1) is 10.1 Å². The van der Waals surface area contributed by atoms with E-state index in [1.54, 1.807) is 11.9 Å². The molecule has 0 saturated carbocycles. The average Bonchev–Trinajstić information content (AvgIpc) is 2.74. The Bertz CT molecular complexity index is 469. The highest BCUT2D eigenvalue weighted by atomic mass is 35.5. The molecule has 98 valence electrons. The monoisotopic (exact) mass is 271 g/mol. The molecule has 6 nitrogen and oxygen atoms in total. The Morgan fingerprint density at radius 1 is 1.61 bits per heavy atom. The number of rotatable bonds is 3. The van der Waals surface area contributed by atoms with Crippen LogP contribution in [0.5, 0.6) is 0 Å². The van der Waals surface area contributed by atoms with Gasteiger partial charge in [0.05, 0.1) is 17.1 Å². The summed E-state index contributed by atoms with van der Waals surface area (Å²) in [5, 5.41) is 11.2. The van der Waals surface area contributed by atoms with E-state index in [1.165, 1.54) is 12.1 Å². The van der Waals surface area contributed by atoms with E-state index < -0.39 is 4.92 Å². The van der Waals surface area contributed by atoms with Gasteiger partial charge in [0.1, 0.15) is 5.15 Å². The summed E-state index contributed by atoms with van der Waals surface area (Å²) in [5.74, 6) is 0.287. The first-order valence-electron chi connectivity index (χ1n) is 5.66. The fourth-order valence-corrected chi connectivity index (χ4v) is 2.35. The number of likely N-dealkylation sites (N-methyl/N-ethyl adjacent to an activating group) is 1. The maximum atomic E-state index is 11.0. The van der Waals surface area contributed by atoms with Gasteiger partial charge in [-0.2, -0.15) is 0 Å². The van der Waals surface area contributed by atoms with Crippen molar-refractivity contribution < 1.29 is 9.66 Å². The van der Waals surface area contributed by atoms with E-state index in [0.717, 1.165) is 6.42 Å². The van der Waals surface area contributed by atoms with Crippen molar-refractivity contribution in [1.82, 2.24) is 4.98 Å². The summed E-state index contributed by atoms with van der Waals surface area (Å²) in [7, 11) is 1.78. The van der Waals surface area contributed by atoms with Crippen LogP contribution in [0.2, 0.25) is 5.15 Å². The van der Waals surface area contributed by atoms with E-state index in [1.807, 2.05) is 6.92 Å². The number of halogens is 1. The molecule has 18 heavy (non-hydrogen) atoms. The van der Waals surface area contributed by atoms with Gasteiger partial charge in [-0.1, -0.05) is 11.6 Å². The first-order chi connectivity index (χ1) is 8.50. The van der Waals surface area contributed by atoms with Crippen LogP contribution in [0.25, 0.3) is 0 Å². The molecule has 7 heteroatoms. The van der Waals surface area contributed by atoms with E-state index in [2.05, 4.69) is 4.98 Å². The fourth-order valence-electron chi connectivity index (χ4n) is 2.21. The number of nitro groups is 1. The Hall–Kier alpha value is -1.40.